The topological polar surface area (TPSA) is 62.2 Å². The van der Waals surface area contributed by atoms with Gasteiger partial charge in [0.2, 0.25) is 0 Å². The molecule has 1 aromatic heterocycles. The third kappa shape index (κ3) is 4.15. The molecular formula is C15H15BrN2O2. The first-order chi connectivity index (χ1) is 9.66. The fourth-order valence-corrected chi connectivity index (χ4v) is 2.37. The molecule has 0 saturated heterocycles. The van der Waals surface area contributed by atoms with Crippen LogP contribution >= 0.6 is 15.9 Å². The van der Waals surface area contributed by atoms with Crippen molar-refractivity contribution >= 4 is 21.9 Å². The van der Waals surface area contributed by atoms with E-state index in [2.05, 4.69) is 26.2 Å². The Balaban J connectivity index is 1.86. The second-order valence-corrected chi connectivity index (χ2v) is 5.32. The van der Waals surface area contributed by atoms with Crippen LogP contribution in [0.15, 0.2) is 47.2 Å². The molecule has 0 spiro atoms. The summed E-state index contributed by atoms with van der Waals surface area (Å²) in [5.41, 5.74) is 2.31. The standard InChI is InChI=1S/C15H15BrN2O2/c16-13-7-11(9-18-10-13)8-17-6-5-12-3-1-2-4-14(12)15(19)20/h1-4,7,9-10,17H,5-6,8H2,(H,19,20). The van der Waals surface area contributed by atoms with E-state index in [9.17, 15) is 4.79 Å². The minimum Gasteiger partial charge on any atom is -0.478 e. The fraction of sp³-hybridized carbons (Fsp3) is 0.200. The molecule has 1 heterocycles. The summed E-state index contributed by atoms with van der Waals surface area (Å²) in [4.78, 5) is 15.2. The number of rotatable bonds is 6. The molecule has 104 valence electrons. The lowest BCUT2D eigenvalue weighted by molar-refractivity contribution is 0.0695. The number of carbonyl (C=O) groups is 1. The Morgan fingerprint density at radius 1 is 1.30 bits per heavy atom. The summed E-state index contributed by atoms with van der Waals surface area (Å²) >= 11 is 3.38. The molecule has 2 N–H and O–H groups in total. The number of benzene rings is 1. The number of nitrogens with one attached hydrogen (secondary N) is 1. The van der Waals surface area contributed by atoms with Gasteiger partial charge in [-0.3, -0.25) is 4.98 Å². The van der Waals surface area contributed by atoms with Gasteiger partial charge in [0.15, 0.2) is 0 Å². The minimum absolute atomic E-state index is 0.374. The van der Waals surface area contributed by atoms with Crippen molar-refractivity contribution in [2.24, 2.45) is 0 Å². The van der Waals surface area contributed by atoms with Gasteiger partial charge in [0.05, 0.1) is 5.56 Å². The predicted molar refractivity (Wildman–Crippen MR) is 80.7 cm³/mol. The highest BCUT2D eigenvalue weighted by atomic mass is 79.9. The highest BCUT2D eigenvalue weighted by Gasteiger charge is 2.07. The summed E-state index contributed by atoms with van der Waals surface area (Å²) in [6.45, 7) is 1.43. The Kier molecular flexibility index (Phi) is 5.26. The second-order valence-electron chi connectivity index (χ2n) is 4.40. The Morgan fingerprint density at radius 3 is 2.85 bits per heavy atom. The quantitative estimate of drug-likeness (QED) is 0.797. The Morgan fingerprint density at radius 2 is 2.10 bits per heavy atom. The van der Waals surface area contributed by atoms with Gasteiger partial charge in [-0.1, -0.05) is 18.2 Å². The van der Waals surface area contributed by atoms with E-state index in [1.54, 1.807) is 18.3 Å². The van der Waals surface area contributed by atoms with Crippen molar-refractivity contribution in [2.45, 2.75) is 13.0 Å². The number of carboxylic acids is 1. The molecule has 0 amide bonds. The number of aromatic nitrogens is 1. The van der Waals surface area contributed by atoms with Gasteiger partial charge in [0.1, 0.15) is 0 Å². The summed E-state index contributed by atoms with van der Waals surface area (Å²) in [7, 11) is 0. The van der Waals surface area contributed by atoms with Gasteiger partial charge in [0.25, 0.3) is 0 Å². The van der Waals surface area contributed by atoms with E-state index in [0.29, 0.717) is 18.5 Å². The van der Waals surface area contributed by atoms with Gasteiger partial charge in [0, 0.05) is 23.4 Å². The van der Waals surface area contributed by atoms with E-state index in [0.717, 1.165) is 22.1 Å². The SMILES string of the molecule is O=C(O)c1ccccc1CCNCc1cncc(Br)c1. The van der Waals surface area contributed by atoms with Crippen LogP contribution < -0.4 is 5.32 Å². The monoisotopic (exact) mass is 334 g/mol. The van der Waals surface area contributed by atoms with Crippen LogP contribution in [0.5, 0.6) is 0 Å². The Bertz CT molecular complexity index is 602. The number of hydrogen-bond donors (Lipinski definition) is 2. The van der Waals surface area contributed by atoms with Crippen molar-refractivity contribution in [3.8, 4) is 0 Å². The molecular weight excluding hydrogens is 320 g/mol. The number of aromatic carboxylic acids is 1. The predicted octanol–water partition coefficient (Wildman–Crippen LogP) is 2.87. The Hall–Kier alpha value is -1.72. The van der Waals surface area contributed by atoms with Gasteiger partial charge < -0.3 is 10.4 Å². The number of hydrogen-bond acceptors (Lipinski definition) is 3. The highest BCUT2D eigenvalue weighted by molar-refractivity contribution is 9.10. The van der Waals surface area contributed by atoms with Crippen molar-refractivity contribution in [3.63, 3.8) is 0 Å². The summed E-state index contributed by atoms with van der Waals surface area (Å²) in [5.74, 6) is -0.878. The van der Waals surface area contributed by atoms with Crippen molar-refractivity contribution in [1.82, 2.24) is 10.3 Å². The average Bonchev–Trinajstić information content (AvgIpc) is 2.44. The van der Waals surface area contributed by atoms with E-state index in [1.807, 2.05) is 24.4 Å². The van der Waals surface area contributed by atoms with Crippen LogP contribution in [0, 0.1) is 0 Å². The number of halogens is 1. The van der Waals surface area contributed by atoms with Gasteiger partial charge in [-0.25, -0.2) is 4.79 Å². The number of nitrogens with zero attached hydrogens (tertiary/aromatic N) is 1. The van der Waals surface area contributed by atoms with Crippen LogP contribution in [0.1, 0.15) is 21.5 Å². The molecule has 0 aliphatic carbocycles. The Labute approximate surface area is 126 Å². The molecule has 1 aromatic carbocycles. The lowest BCUT2D eigenvalue weighted by atomic mass is 10.0. The van der Waals surface area contributed by atoms with Crippen LogP contribution in [0.3, 0.4) is 0 Å². The maximum absolute atomic E-state index is 11.1. The maximum Gasteiger partial charge on any atom is 0.335 e. The highest BCUT2D eigenvalue weighted by Crippen LogP contribution is 2.10. The lowest BCUT2D eigenvalue weighted by Gasteiger charge is -2.07. The van der Waals surface area contributed by atoms with Crippen LogP contribution in [0.4, 0.5) is 0 Å². The zero-order chi connectivity index (χ0) is 14.4. The van der Waals surface area contributed by atoms with E-state index < -0.39 is 5.97 Å². The minimum atomic E-state index is -0.878. The molecule has 0 fully saturated rings. The zero-order valence-electron chi connectivity index (χ0n) is 10.8. The van der Waals surface area contributed by atoms with Crippen LogP contribution in [0.2, 0.25) is 0 Å². The fourth-order valence-electron chi connectivity index (χ4n) is 1.96. The lowest BCUT2D eigenvalue weighted by Crippen LogP contribution is -2.18. The zero-order valence-corrected chi connectivity index (χ0v) is 12.4. The third-order valence-corrected chi connectivity index (χ3v) is 3.34. The van der Waals surface area contributed by atoms with Crippen LogP contribution in [0.25, 0.3) is 0 Å². The molecule has 5 heteroatoms. The van der Waals surface area contributed by atoms with Gasteiger partial charge in [-0.15, -0.1) is 0 Å². The maximum atomic E-state index is 11.1. The molecule has 0 unspecified atom stereocenters. The molecule has 4 nitrogen and oxygen atoms in total. The summed E-state index contributed by atoms with van der Waals surface area (Å²) < 4.78 is 0.952. The second kappa shape index (κ2) is 7.17. The van der Waals surface area contributed by atoms with Gasteiger partial charge in [-0.2, -0.15) is 0 Å². The summed E-state index contributed by atoms with van der Waals surface area (Å²) in [5, 5.41) is 12.4. The normalized spacial score (nSPS) is 10.4. The molecule has 2 rings (SSSR count). The van der Waals surface area contributed by atoms with E-state index in [1.165, 1.54) is 0 Å². The van der Waals surface area contributed by atoms with E-state index in [4.69, 9.17) is 5.11 Å². The molecule has 2 aromatic rings. The van der Waals surface area contributed by atoms with Crippen molar-refractivity contribution in [1.29, 1.82) is 0 Å². The van der Waals surface area contributed by atoms with Crippen molar-refractivity contribution < 1.29 is 9.90 Å². The first-order valence-electron chi connectivity index (χ1n) is 6.28. The molecule has 0 radical (unpaired) electrons. The van der Waals surface area contributed by atoms with Crippen molar-refractivity contribution in [3.05, 3.63) is 63.9 Å². The molecule has 0 atom stereocenters. The summed E-state index contributed by atoms with van der Waals surface area (Å²) in [6.07, 6.45) is 4.24. The van der Waals surface area contributed by atoms with Gasteiger partial charge in [-0.05, 0) is 52.2 Å². The molecule has 0 aliphatic rings. The van der Waals surface area contributed by atoms with E-state index >= 15 is 0 Å². The number of carboxylic acid groups (broad SMARTS) is 1. The van der Waals surface area contributed by atoms with Crippen LogP contribution in [-0.2, 0) is 13.0 Å². The van der Waals surface area contributed by atoms with Crippen molar-refractivity contribution in [2.75, 3.05) is 6.54 Å². The molecule has 20 heavy (non-hydrogen) atoms. The first-order valence-corrected chi connectivity index (χ1v) is 7.07. The number of pyridine rings is 1. The average molecular weight is 335 g/mol. The molecule has 0 aliphatic heterocycles. The largest absolute Gasteiger partial charge is 0.478 e. The third-order valence-electron chi connectivity index (χ3n) is 2.91. The van der Waals surface area contributed by atoms with Crippen LogP contribution in [-0.4, -0.2) is 22.6 Å². The summed E-state index contributed by atoms with van der Waals surface area (Å²) in [6, 6.07) is 9.10. The molecule has 0 saturated carbocycles. The van der Waals surface area contributed by atoms with Gasteiger partial charge >= 0.3 is 5.97 Å². The molecule has 0 bridgehead atoms. The first kappa shape index (κ1) is 14.7. The van der Waals surface area contributed by atoms with E-state index in [-0.39, 0.29) is 0 Å². The smallest absolute Gasteiger partial charge is 0.335 e.